The van der Waals surface area contributed by atoms with Crippen LogP contribution in [0.4, 0.5) is 5.69 Å². The summed E-state index contributed by atoms with van der Waals surface area (Å²) in [6, 6.07) is 12.6. The molecule has 9 heteroatoms. The van der Waals surface area contributed by atoms with Crippen molar-refractivity contribution in [3.05, 3.63) is 64.2 Å². The van der Waals surface area contributed by atoms with Gasteiger partial charge in [-0.25, -0.2) is 0 Å². The van der Waals surface area contributed by atoms with Crippen LogP contribution in [0.3, 0.4) is 0 Å². The van der Waals surface area contributed by atoms with Gasteiger partial charge in [0.1, 0.15) is 0 Å². The van der Waals surface area contributed by atoms with E-state index in [9.17, 15) is 24.5 Å². The minimum absolute atomic E-state index is 0.0165. The second kappa shape index (κ2) is 9.98. The molecular formula is C20H20N2O7. The van der Waals surface area contributed by atoms with Gasteiger partial charge in [-0.2, -0.15) is 0 Å². The zero-order valence-electron chi connectivity index (χ0n) is 15.4. The monoisotopic (exact) mass is 400 g/mol. The van der Waals surface area contributed by atoms with E-state index in [2.05, 4.69) is 5.32 Å². The van der Waals surface area contributed by atoms with E-state index in [-0.39, 0.29) is 31.4 Å². The van der Waals surface area contributed by atoms with E-state index in [1.807, 2.05) is 0 Å². The van der Waals surface area contributed by atoms with Crippen LogP contribution in [0.15, 0.2) is 48.5 Å². The van der Waals surface area contributed by atoms with Gasteiger partial charge in [0.2, 0.25) is 5.91 Å². The maximum absolute atomic E-state index is 11.8. The fourth-order valence-corrected chi connectivity index (χ4v) is 2.82. The normalized spacial score (nSPS) is 11.4. The third kappa shape index (κ3) is 7.06. The van der Waals surface area contributed by atoms with Gasteiger partial charge >= 0.3 is 11.9 Å². The van der Waals surface area contributed by atoms with Crippen LogP contribution in [0.1, 0.15) is 24.8 Å². The third-order valence-corrected chi connectivity index (χ3v) is 4.18. The van der Waals surface area contributed by atoms with Crippen LogP contribution in [0.5, 0.6) is 0 Å². The predicted octanol–water partition coefficient (Wildman–Crippen LogP) is 2.63. The van der Waals surface area contributed by atoms with Gasteiger partial charge in [-0.15, -0.1) is 0 Å². The Kier molecular flexibility index (Phi) is 7.41. The highest BCUT2D eigenvalue weighted by atomic mass is 16.6. The Morgan fingerprint density at radius 1 is 0.966 bits per heavy atom. The van der Waals surface area contributed by atoms with Gasteiger partial charge in [0.15, 0.2) is 0 Å². The van der Waals surface area contributed by atoms with Gasteiger partial charge in [-0.05, 0) is 23.1 Å². The maximum Gasteiger partial charge on any atom is 0.305 e. The number of benzene rings is 2. The molecule has 9 nitrogen and oxygen atoms in total. The molecule has 0 aliphatic carbocycles. The van der Waals surface area contributed by atoms with Crippen molar-refractivity contribution in [3.63, 3.8) is 0 Å². The van der Waals surface area contributed by atoms with Crippen LogP contribution in [0, 0.1) is 10.1 Å². The molecule has 0 bridgehead atoms. The molecule has 29 heavy (non-hydrogen) atoms. The summed E-state index contributed by atoms with van der Waals surface area (Å²) >= 11 is 0. The predicted molar refractivity (Wildman–Crippen MR) is 103 cm³/mol. The first-order valence-electron chi connectivity index (χ1n) is 8.81. The molecule has 0 radical (unpaired) electrons. The smallest absolute Gasteiger partial charge is 0.305 e. The van der Waals surface area contributed by atoms with Crippen molar-refractivity contribution in [1.29, 1.82) is 0 Å². The van der Waals surface area contributed by atoms with Gasteiger partial charge in [0.05, 0.1) is 17.8 Å². The van der Waals surface area contributed by atoms with Crippen molar-refractivity contribution in [1.82, 2.24) is 5.32 Å². The Labute approximate surface area is 166 Å². The van der Waals surface area contributed by atoms with Crippen molar-refractivity contribution in [3.8, 4) is 11.1 Å². The first kappa shape index (κ1) is 21.5. The second-order valence-corrected chi connectivity index (χ2v) is 6.46. The average Bonchev–Trinajstić information content (AvgIpc) is 2.66. The quantitative estimate of drug-likeness (QED) is 0.410. The number of nitro groups is 1. The Bertz CT molecular complexity index is 909. The van der Waals surface area contributed by atoms with Crippen LogP contribution >= 0.6 is 0 Å². The van der Waals surface area contributed by atoms with E-state index in [1.54, 1.807) is 36.4 Å². The standard InChI is InChI=1S/C20H20N2O7/c23-18(8-9-19(24)25)21-16(12-20(26)27)10-13-4-6-14(7-5-13)15-2-1-3-17(11-15)22(28)29/h1-7,11,16H,8-10,12H2,(H,21,23)(H,24,25)(H,26,27). The molecule has 0 aliphatic rings. The topological polar surface area (TPSA) is 147 Å². The minimum atomic E-state index is -1.10. The molecule has 0 fully saturated rings. The molecule has 0 aliphatic heterocycles. The number of rotatable bonds is 10. The van der Waals surface area contributed by atoms with Gasteiger partial charge < -0.3 is 15.5 Å². The third-order valence-electron chi connectivity index (χ3n) is 4.18. The van der Waals surface area contributed by atoms with E-state index in [0.717, 1.165) is 11.1 Å². The summed E-state index contributed by atoms with van der Waals surface area (Å²) in [5.41, 5.74) is 2.19. The molecule has 1 unspecified atom stereocenters. The number of aliphatic carboxylic acids is 2. The molecule has 3 N–H and O–H groups in total. The lowest BCUT2D eigenvalue weighted by molar-refractivity contribution is -0.384. The molecule has 1 atom stereocenters. The molecule has 0 saturated carbocycles. The van der Waals surface area contributed by atoms with Crippen LogP contribution in [-0.2, 0) is 20.8 Å². The molecule has 1 amide bonds. The van der Waals surface area contributed by atoms with Crippen molar-refractivity contribution in [2.24, 2.45) is 0 Å². The summed E-state index contributed by atoms with van der Waals surface area (Å²) in [5.74, 6) is -2.71. The summed E-state index contributed by atoms with van der Waals surface area (Å²) in [6.45, 7) is 0. The van der Waals surface area contributed by atoms with Gasteiger partial charge in [-0.1, -0.05) is 36.4 Å². The second-order valence-electron chi connectivity index (χ2n) is 6.46. The average molecular weight is 400 g/mol. The van der Waals surface area contributed by atoms with Crippen molar-refractivity contribution < 1.29 is 29.5 Å². The Morgan fingerprint density at radius 3 is 2.24 bits per heavy atom. The number of carbonyl (C=O) groups is 3. The Balaban J connectivity index is 2.08. The number of nitrogens with one attached hydrogen (secondary N) is 1. The molecule has 0 heterocycles. The molecule has 2 aromatic rings. The maximum atomic E-state index is 11.8. The first-order chi connectivity index (χ1) is 13.7. The number of amides is 1. The van der Waals surface area contributed by atoms with Crippen molar-refractivity contribution in [2.75, 3.05) is 0 Å². The highest BCUT2D eigenvalue weighted by Gasteiger charge is 2.17. The fraction of sp³-hybridized carbons (Fsp3) is 0.250. The number of carboxylic acids is 2. The number of carboxylic acid groups (broad SMARTS) is 2. The fourth-order valence-electron chi connectivity index (χ4n) is 2.82. The molecule has 0 spiro atoms. The Hall–Kier alpha value is -3.75. The highest BCUT2D eigenvalue weighted by Crippen LogP contribution is 2.24. The van der Waals surface area contributed by atoms with Crippen LogP contribution in [0.2, 0.25) is 0 Å². The molecular weight excluding hydrogens is 380 g/mol. The van der Waals surface area contributed by atoms with Crippen molar-refractivity contribution >= 4 is 23.5 Å². The SMILES string of the molecule is O=C(O)CCC(=O)NC(CC(=O)O)Cc1ccc(-c2cccc([N+](=O)[O-])c2)cc1. The van der Waals surface area contributed by atoms with E-state index >= 15 is 0 Å². The number of hydrogen-bond acceptors (Lipinski definition) is 5. The summed E-state index contributed by atoms with van der Waals surface area (Å²) in [6.07, 6.45) is -0.605. The lowest BCUT2D eigenvalue weighted by atomic mass is 9.99. The van der Waals surface area contributed by atoms with E-state index in [0.29, 0.717) is 5.56 Å². The first-order valence-corrected chi connectivity index (χ1v) is 8.81. The van der Waals surface area contributed by atoms with E-state index < -0.39 is 28.8 Å². The van der Waals surface area contributed by atoms with Crippen LogP contribution in [-0.4, -0.2) is 39.0 Å². The number of non-ortho nitro benzene ring substituents is 1. The molecule has 0 aromatic heterocycles. The van der Waals surface area contributed by atoms with Crippen molar-refractivity contribution in [2.45, 2.75) is 31.7 Å². The van der Waals surface area contributed by atoms with Gasteiger partial charge in [0.25, 0.3) is 5.69 Å². The zero-order valence-corrected chi connectivity index (χ0v) is 15.4. The zero-order chi connectivity index (χ0) is 21.4. The number of nitrogens with zero attached hydrogens (tertiary/aromatic N) is 1. The van der Waals surface area contributed by atoms with E-state index in [1.165, 1.54) is 12.1 Å². The summed E-state index contributed by atoms with van der Waals surface area (Å²) in [4.78, 5) is 43.9. The lowest BCUT2D eigenvalue weighted by Gasteiger charge is -2.17. The van der Waals surface area contributed by atoms with E-state index in [4.69, 9.17) is 10.2 Å². The molecule has 2 aromatic carbocycles. The number of nitro benzene ring substituents is 1. The van der Waals surface area contributed by atoms with Crippen LogP contribution in [0.25, 0.3) is 11.1 Å². The molecule has 152 valence electrons. The lowest BCUT2D eigenvalue weighted by Crippen LogP contribution is -2.38. The highest BCUT2D eigenvalue weighted by molar-refractivity contribution is 5.81. The van der Waals surface area contributed by atoms with Gasteiger partial charge in [0, 0.05) is 24.6 Å². The Morgan fingerprint density at radius 2 is 1.66 bits per heavy atom. The summed E-state index contributed by atoms with van der Waals surface area (Å²) < 4.78 is 0. The van der Waals surface area contributed by atoms with Crippen LogP contribution < -0.4 is 5.32 Å². The molecule has 2 rings (SSSR count). The summed E-state index contributed by atoms with van der Waals surface area (Å²) in [5, 5.41) is 31.2. The number of carbonyl (C=O) groups excluding carboxylic acids is 1. The number of hydrogen-bond donors (Lipinski definition) is 3. The van der Waals surface area contributed by atoms with Gasteiger partial charge in [-0.3, -0.25) is 24.5 Å². The minimum Gasteiger partial charge on any atom is -0.481 e. The largest absolute Gasteiger partial charge is 0.481 e. The molecule has 0 saturated heterocycles. The summed E-state index contributed by atoms with van der Waals surface area (Å²) in [7, 11) is 0.